The maximum atomic E-state index is 6.27. The lowest BCUT2D eigenvalue weighted by atomic mass is 10.1. The van der Waals surface area contributed by atoms with E-state index in [4.69, 9.17) is 33.2 Å². The van der Waals surface area contributed by atoms with Gasteiger partial charge in [-0.1, -0.05) is 36.4 Å². The van der Waals surface area contributed by atoms with Crippen molar-refractivity contribution in [2.24, 2.45) is 0 Å². The van der Waals surface area contributed by atoms with E-state index in [1.807, 2.05) is 74.5 Å². The Morgan fingerprint density at radius 1 is 0.585 bits per heavy atom. The average Bonchev–Trinajstić information content (AvgIpc) is 3.00. The van der Waals surface area contributed by atoms with Gasteiger partial charge in [-0.25, -0.2) is 0 Å². The summed E-state index contributed by atoms with van der Waals surface area (Å²) in [5.74, 6) is 1.39. The van der Waals surface area contributed by atoms with Gasteiger partial charge in [0.1, 0.15) is 46.9 Å². The predicted molar refractivity (Wildman–Crippen MR) is 156 cm³/mol. The number of ether oxygens (including phenoxy) is 7. The summed E-state index contributed by atoms with van der Waals surface area (Å²) in [5, 5.41) is 2.03. The van der Waals surface area contributed by atoms with Gasteiger partial charge in [0.15, 0.2) is 0 Å². The topological polar surface area (TPSA) is 90.4 Å². The summed E-state index contributed by atoms with van der Waals surface area (Å²) in [7, 11) is 0. The molecule has 9 nitrogen and oxygen atoms in total. The summed E-state index contributed by atoms with van der Waals surface area (Å²) in [6, 6.07) is 19.6. The van der Waals surface area contributed by atoms with Gasteiger partial charge in [0.25, 0.3) is 0 Å². The second-order valence-corrected chi connectivity index (χ2v) is 10.6. The highest BCUT2D eigenvalue weighted by Crippen LogP contribution is 2.27. The Labute approximate surface area is 240 Å². The first-order valence-corrected chi connectivity index (χ1v) is 14.0. The van der Waals surface area contributed by atoms with Gasteiger partial charge in [0, 0.05) is 23.2 Å². The molecule has 9 heteroatoms. The van der Waals surface area contributed by atoms with Crippen LogP contribution in [-0.2, 0) is 23.7 Å². The summed E-state index contributed by atoms with van der Waals surface area (Å²) < 4.78 is 42.7. The molecular weight excluding hydrogens is 524 g/mol. The van der Waals surface area contributed by atoms with Gasteiger partial charge in [-0.2, -0.15) is 0 Å². The maximum Gasteiger partial charge on any atom is 0.145 e. The van der Waals surface area contributed by atoms with Crippen LogP contribution in [0.4, 0.5) is 0 Å². The van der Waals surface area contributed by atoms with E-state index in [2.05, 4.69) is 9.97 Å². The van der Waals surface area contributed by atoms with Crippen molar-refractivity contribution in [3.8, 4) is 11.5 Å². The molecule has 0 radical (unpaired) electrons. The first-order valence-electron chi connectivity index (χ1n) is 14.0. The minimum atomic E-state index is -0.752. The van der Waals surface area contributed by atoms with Gasteiger partial charge in [0.2, 0.25) is 0 Å². The summed E-state index contributed by atoms with van der Waals surface area (Å²) >= 11 is 0. The summed E-state index contributed by atoms with van der Waals surface area (Å²) in [6.45, 7) is 7.64. The molecule has 1 aliphatic heterocycles. The molecule has 3 heterocycles. The van der Waals surface area contributed by atoms with E-state index in [-0.39, 0.29) is 26.4 Å². The first kappa shape index (κ1) is 29.2. The molecule has 2 atom stereocenters. The Kier molecular flexibility index (Phi) is 9.97. The molecule has 2 aromatic carbocycles. The molecule has 4 aromatic rings. The fourth-order valence-electron chi connectivity index (χ4n) is 4.59. The monoisotopic (exact) mass is 562 g/mol. The van der Waals surface area contributed by atoms with Crippen LogP contribution in [0.15, 0.2) is 73.1 Å². The van der Waals surface area contributed by atoms with E-state index in [1.165, 1.54) is 0 Å². The molecule has 1 fully saturated rings. The second kappa shape index (κ2) is 14.0. The van der Waals surface area contributed by atoms with Crippen LogP contribution in [0.3, 0.4) is 0 Å². The van der Waals surface area contributed by atoms with Gasteiger partial charge < -0.3 is 33.2 Å². The Morgan fingerprint density at radius 2 is 1.02 bits per heavy atom. The average molecular weight is 563 g/mol. The highest BCUT2D eigenvalue weighted by atomic mass is 16.6. The molecule has 0 aliphatic carbocycles. The summed E-state index contributed by atoms with van der Waals surface area (Å²) in [4.78, 5) is 9.00. The van der Waals surface area contributed by atoms with Crippen molar-refractivity contribution >= 4 is 21.8 Å². The minimum absolute atomic E-state index is 0.265. The lowest BCUT2D eigenvalue weighted by Gasteiger charge is -2.33. The van der Waals surface area contributed by atoms with Gasteiger partial charge in [-0.15, -0.1) is 0 Å². The number of hydrogen-bond donors (Lipinski definition) is 0. The van der Waals surface area contributed by atoms with E-state index in [1.54, 1.807) is 12.4 Å². The number of hydrogen-bond acceptors (Lipinski definition) is 9. The Bertz CT molecular complexity index is 1290. The van der Waals surface area contributed by atoms with Crippen molar-refractivity contribution in [1.29, 1.82) is 0 Å². The first-order chi connectivity index (χ1) is 20.0. The molecule has 218 valence electrons. The zero-order valence-corrected chi connectivity index (χ0v) is 23.8. The fourth-order valence-corrected chi connectivity index (χ4v) is 4.59. The van der Waals surface area contributed by atoms with Crippen molar-refractivity contribution in [3.63, 3.8) is 0 Å². The molecule has 2 aromatic heterocycles. The zero-order chi connectivity index (χ0) is 28.4. The number of fused-ring (bicyclic) bond motifs is 2. The number of para-hydroxylation sites is 2. The van der Waals surface area contributed by atoms with E-state index in [9.17, 15) is 0 Å². The predicted octanol–water partition coefficient (Wildman–Crippen LogP) is 4.85. The van der Waals surface area contributed by atoms with Crippen LogP contribution in [0, 0.1) is 0 Å². The van der Waals surface area contributed by atoms with Crippen LogP contribution >= 0.6 is 0 Å². The SMILES string of the molecule is C[C@@]1(COc2cccc3cccnc23)COC[C@](C)(COc2cccc3cccnc23)OCCOCCOCCO1. The number of pyridine rings is 2. The molecule has 1 saturated heterocycles. The van der Waals surface area contributed by atoms with Crippen molar-refractivity contribution in [1.82, 2.24) is 9.97 Å². The summed E-state index contributed by atoms with van der Waals surface area (Å²) in [6.07, 6.45) is 3.53. The van der Waals surface area contributed by atoms with Crippen LogP contribution in [0.25, 0.3) is 21.8 Å². The second-order valence-electron chi connectivity index (χ2n) is 10.6. The van der Waals surface area contributed by atoms with Gasteiger partial charge in [-0.3, -0.25) is 9.97 Å². The van der Waals surface area contributed by atoms with Crippen molar-refractivity contribution in [3.05, 3.63) is 73.1 Å². The Hall–Kier alpha value is -3.34. The smallest absolute Gasteiger partial charge is 0.145 e. The fraction of sp³-hybridized carbons (Fsp3) is 0.438. The van der Waals surface area contributed by atoms with Gasteiger partial charge in [-0.05, 0) is 38.1 Å². The molecular formula is C32H38N2O7. The third-order valence-corrected chi connectivity index (χ3v) is 6.80. The molecule has 0 unspecified atom stereocenters. The normalized spacial score (nSPS) is 23.5. The largest absolute Gasteiger partial charge is 0.488 e. The molecule has 0 amide bonds. The van der Waals surface area contributed by atoms with E-state index in [0.717, 1.165) is 21.8 Å². The van der Waals surface area contributed by atoms with Crippen LogP contribution < -0.4 is 9.47 Å². The number of aromatic nitrogens is 2. The standard InChI is InChI=1S/C32H38N2O7/c1-31(23-38-27-11-3-7-25-9-5-13-33-29(25)27)21-37-22-32(2,41-20-18-36-16-15-35-17-19-40-31)24-39-28-12-4-8-26-10-6-14-34-30(26)28/h3-14H,15-24H2,1-2H3/t31-,32+. The lowest BCUT2D eigenvalue weighted by Crippen LogP contribution is -2.46. The van der Waals surface area contributed by atoms with Crippen LogP contribution in [-0.4, -0.2) is 87.2 Å². The lowest BCUT2D eigenvalue weighted by molar-refractivity contribution is -0.152. The Morgan fingerprint density at radius 3 is 1.51 bits per heavy atom. The highest BCUT2D eigenvalue weighted by molar-refractivity contribution is 5.84. The van der Waals surface area contributed by atoms with Crippen LogP contribution in [0.1, 0.15) is 13.8 Å². The quantitative estimate of drug-likeness (QED) is 0.327. The maximum absolute atomic E-state index is 6.27. The molecule has 1 aliphatic rings. The van der Waals surface area contributed by atoms with Crippen molar-refractivity contribution in [2.75, 3.05) is 66.1 Å². The molecule has 0 bridgehead atoms. The van der Waals surface area contributed by atoms with Gasteiger partial charge >= 0.3 is 0 Å². The van der Waals surface area contributed by atoms with Crippen molar-refractivity contribution in [2.45, 2.75) is 25.0 Å². The highest BCUT2D eigenvalue weighted by Gasteiger charge is 2.32. The van der Waals surface area contributed by atoms with E-state index < -0.39 is 11.2 Å². The summed E-state index contributed by atoms with van der Waals surface area (Å²) in [5.41, 5.74) is 0.110. The van der Waals surface area contributed by atoms with Crippen LogP contribution in [0.5, 0.6) is 11.5 Å². The minimum Gasteiger partial charge on any atom is -0.488 e. The number of rotatable bonds is 6. The van der Waals surface area contributed by atoms with Crippen molar-refractivity contribution < 1.29 is 33.2 Å². The molecule has 0 N–H and O–H groups in total. The molecule has 5 rings (SSSR count). The zero-order valence-electron chi connectivity index (χ0n) is 23.8. The third kappa shape index (κ3) is 8.12. The Balaban J connectivity index is 1.27. The number of nitrogens with zero attached hydrogens (tertiary/aromatic N) is 2. The van der Waals surface area contributed by atoms with E-state index >= 15 is 0 Å². The van der Waals surface area contributed by atoms with Crippen LogP contribution in [0.2, 0.25) is 0 Å². The number of benzene rings is 2. The third-order valence-electron chi connectivity index (χ3n) is 6.80. The van der Waals surface area contributed by atoms with Gasteiger partial charge in [0.05, 0.1) is 52.9 Å². The van der Waals surface area contributed by atoms with E-state index in [0.29, 0.717) is 51.1 Å². The molecule has 0 spiro atoms. The molecule has 0 saturated carbocycles. The molecule has 41 heavy (non-hydrogen) atoms.